The van der Waals surface area contributed by atoms with Gasteiger partial charge in [0.25, 0.3) is 0 Å². The standard InChI is InChI=1S/C12H22N2O/c1-8(2)14(3)12(15)11-10-6-4-5-9(10)7-13-11/h8-11,13H,4-7H2,1-3H3. The van der Waals surface area contributed by atoms with Crippen molar-refractivity contribution in [3.05, 3.63) is 0 Å². The van der Waals surface area contributed by atoms with Crippen LogP contribution in [0.4, 0.5) is 0 Å². The number of nitrogens with one attached hydrogen (secondary N) is 1. The third-order valence-corrected chi connectivity index (χ3v) is 4.13. The topological polar surface area (TPSA) is 32.3 Å². The van der Waals surface area contributed by atoms with Crippen molar-refractivity contribution in [3.8, 4) is 0 Å². The molecule has 0 aromatic rings. The van der Waals surface area contributed by atoms with Crippen LogP contribution < -0.4 is 5.32 Å². The molecular formula is C12H22N2O. The van der Waals surface area contributed by atoms with Crippen molar-refractivity contribution in [1.82, 2.24) is 10.2 Å². The van der Waals surface area contributed by atoms with Gasteiger partial charge in [-0.05, 0) is 45.1 Å². The van der Waals surface area contributed by atoms with E-state index in [-0.39, 0.29) is 6.04 Å². The van der Waals surface area contributed by atoms with Crippen molar-refractivity contribution >= 4 is 5.91 Å². The summed E-state index contributed by atoms with van der Waals surface area (Å²) in [7, 11) is 1.91. The van der Waals surface area contributed by atoms with Gasteiger partial charge in [-0.15, -0.1) is 0 Å². The van der Waals surface area contributed by atoms with E-state index in [0.717, 1.165) is 12.5 Å². The minimum atomic E-state index is 0.102. The Morgan fingerprint density at radius 1 is 1.40 bits per heavy atom. The monoisotopic (exact) mass is 210 g/mol. The van der Waals surface area contributed by atoms with Crippen LogP contribution in [0.5, 0.6) is 0 Å². The van der Waals surface area contributed by atoms with Crippen LogP contribution in [0.2, 0.25) is 0 Å². The Hall–Kier alpha value is -0.570. The van der Waals surface area contributed by atoms with E-state index in [0.29, 0.717) is 17.9 Å². The van der Waals surface area contributed by atoms with Crippen molar-refractivity contribution in [3.63, 3.8) is 0 Å². The molecule has 1 heterocycles. The van der Waals surface area contributed by atoms with Gasteiger partial charge in [-0.3, -0.25) is 4.79 Å². The Bertz CT molecular complexity index is 252. The van der Waals surface area contributed by atoms with Crippen LogP contribution in [0, 0.1) is 11.8 Å². The zero-order valence-electron chi connectivity index (χ0n) is 9.99. The summed E-state index contributed by atoms with van der Waals surface area (Å²) in [5.74, 6) is 1.66. The highest BCUT2D eigenvalue weighted by Gasteiger charge is 2.43. The molecule has 1 saturated carbocycles. The van der Waals surface area contributed by atoms with Gasteiger partial charge in [0.2, 0.25) is 5.91 Å². The van der Waals surface area contributed by atoms with Crippen LogP contribution in [-0.4, -0.2) is 36.5 Å². The molecule has 0 bridgehead atoms. The molecule has 86 valence electrons. The summed E-state index contributed by atoms with van der Waals surface area (Å²) in [5, 5.41) is 3.40. The maximum absolute atomic E-state index is 12.2. The summed E-state index contributed by atoms with van der Waals surface area (Å²) in [4.78, 5) is 14.1. The smallest absolute Gasteiger partial charge is 0.239 e. The van der Waals surface area contributed by atoms with E-state index >= 15 is 0 Å². The summed E-state index contributed by atoms with van der Waals surface area (Å²) in [6, 6.07) is 0.407. The maximum atomic E-state index is 12.2. The highest BCUT2D eigenvalue weighted by Crippen LogP contribution is 2.38. The van der Waals surface area contributed by atoms with Crippen LogP contribution in [0.3, 0.4) is 0 Å². The van der Waals surface area contributed by atoms with E-state index in [4.69, 9.17) is 0 Å². The number of rotatable bonds is 2. The van der Waals surface area contributed by atoms with E-state index in [1.165, 1.54) is 19.3 Å². The summed E-state index contributed by atoms with van der Waals surface area (Å²) in [6.45, 7) is 5.19. The molecule has 15 heavy (non-hydrogen) atoms. The van der Waals surface area contributed by atoms with Gasteiger partial charge in [0.05, 0.1) is 6.04 Å². The number of fused-ring (bicyclic) bond motifs is 1. The molecule has 2 aliphatic rings. The van der Waals surface area contributed by atoms with Gasteiger partial charge in [-0.2, -0.15) is 0 Å². The largest absolute Gasteiger partial charge is 0.342 e. The number of hydrogen-bond donors (Lipinski definition) is 1. The van der Waals surface area contributed by atoms with Crippen LogP contribution in [-0.2, 0) is 4.79 Å². The van der Waals surface area contributed by atoms with Crippen molar-refractivity contribution in [1.29, 1.82) is 0 Å². The second-order valence-electron chi connectivity index (χ2n) is 5.28. The molecule has 3 unspecified atom stereocenters. The molecule has 3 heteroatoms. The van der Waals surface area contributed by atoms with Crippen molar-refractivity contribution in [2.45, 2.75) is 45.2 Å². The van der Waals surface area contributed by atoms with E-state index < -0.39 is 0 Å². The predicted octanol–water partition coefficient (Wildman–Crippen LogP) is 1.24. The number of likely N-dealkylation sites (N-methyl/N-ethyl adjacent to an activating group) is 1. The zero-order valence-corrected chi connectivity index (χ0v) is 9.99. The molecule has 0 aromatic carbocycles. The zero-order chi connectivity index (χ0) is 11.0. The SMILES string of the molecule is CC(C)N(C)C(=O)C1NCC2CCCC21. The maximum Gasteiger partial charge on any atom is 0.239 e. The van der Waals surface area contributed by atoms with Crippen LogP contribution >= 0.6 is 0 Å². The normalized spacial score (nSPS) is 34.5. The molecule has 2 fully saturated rings. The first kappa shape index (κ1) is 10.9. The van der Waals surface area contributed by atoms with Crippen molar-refractivity contribution in [2.75, 3.05) is 13.6 Å². The first-order chi connectivity index (χ1) is 7.11. The Morgan fingerprint density at radius 3 is 2.80 bits per heavy atom. The van der Waals surface area contributed by atoms with E-state index in [1.54, 1.807) is 0 Å². The van der Waals surface area contributed by atoms with E-state index in [1.807, 2.05) is 11.9 Å². The molecule has 0 aromatic heterocycles. The van der Waals surface area contributed by atoms with Crippen LogP contribution in [0.1, 0.15) is 33.1 Å². The van der Waals surface area contributed by atoms with Gasteiger partial charge in [0.15, 0.2) is 0 Å². The van der Waals surface area contributed by atoms with Gasteiger partial charge in [-0.1, -0.05) is 6.42 Å². The minimum Gasteiger partial charge on any atom is -0.342 e. The average Bonchev–Trinajstić information content (AvgIpc) is 2.75. The number of carbonyl (C=O) groups excluding carboxylic acids is 1. The highest BCUT2D eigenvalue weighted by molar-refractivity contribution is 5.82. The first-order valence-electron chi connectivity index (χ1n) is 6.11. The second kappa shape index (κ2) is 4.12. The molecular weight excluding hydrogens is 188 g/mol. The quantitative estimate of drug-likeness (QED) is 0.744. The third-order valence-electron chi connectivity index (χ3n) is 4.13. The fourth-order valence-corrected chi connectivity index (χ4v) is 2.93. The Balaban J connectivity index is 2.02. The first-order valence-corrected chi connectivity index (χ1v) is 6.11. The Labute approximate surface area is 92.2 Å². The van der Waals surface area contributed by atoms with Gasteiger partial charge < -0.3 is 10.2 Å². The molecule has 1 aliphatic carbocycles. The fraction of sp³-hybridized carbons (Fsp3) is 0.917. The molecule has 0 radical (unpaired) electrons. The lowest BCUT2D eigenvalue weighted by molar-refractivity contribution is -0.134. The number of nitrogens with zero attached hydrogens (tertiary/aromatic N) is 1. The number of hydrogen-bond acceptors (Lipinski definition) is 2. The summed E-state index contributed by atoms with van der Waals surface area (Å²) < 4.78 is 0. The molecule has 3 nitrogen and oxygen atoms in total. The van der Waals surface area contributed by atoms with Gasteiger partial charge in [0, 0.05) is 13.1 Å². The third kappa shape index (κ3) is 1.89. The van der Waals surface area contributed by atoms with Crippen molar-refractivity contribution in [2.24, 2.45) is 11.8 Å². The molecule has 1 N–H and O–H groups in total. The second-order valence-corrected chi connectivity index (χ2v) is 5.28. The molecule has 1 saturated heterocycles. The van der Waals surface area contributed by atoms with Crippen molar-refractivity contribution < 1.29 is 4.79 Å². The Morgan fingerprint density at radius 2 is 2.13 bits per heavy atom. The predicted molar refractivity (Wildman–Crippen MR) is 60.5 cm³/mol. The van der Waals surface area contributed by atoms with Gasteiger partial charge >= 0.3 is 0 Å². The average molecular weight is 210 g/mol. The number of amides is 1. The van der Waals surface area contributed by atoms with E-state index in [9.17, 15) is 4.79 Å². The number of carbonyl (C=O) groups is 1. The Kier molecular flexibility index (Phi) is 3.01. The van der Waals surface area contributed by atoms with Crippen LogP contribution in [0.25, 0.3) is 0 Å². The molecule has 0 spiro atoms. The summed E-state index contributed by atoms with van der Waals surface area (Å²) in [5.41, 5.74) is 0. The molecule has 3 atom stereocenters. The molecule has 1 aliphatic heterocycles. The summed E-state index contributed by atoms with van der Waals surface area (Å²) in [6.07, 6.45) is 3.86. The van der Waals surface area contributed by atoms with Gasteiger partial charge in [0.1, 0.15) is 0 Å². The fourth-order valence-electron chi connectivity index (χ4n) is 2.93. The lowest BCUT2D eigenvalue weighted by atomic mass is 9.93. The lowest BCUT2D eigenvalue weighted by Gasteiger charge is -2.27. The van der Waals surface area contributed by atoms with Crippen LogP contribution in [0.15, 0.2) is 0 Å². The minimum absolute atomic E-state index is 0.102. The highest BCUT2D eigenvalue weighted by atomic mass is 16.2. The molecule has 1 amide bonds. The lowest BCUT2D eigenvalue weighted by Crippen LogP contribution is -2.47. The van der Waals surface area contributed by atoms with E-state index in [2.05, 4.69) is 19.2 Å². The van der Waals surface area contributed by atoms with Gasteiger partial charge in [-0.25, -0.2) is 0 Å². The molecule has 2 rings (SSSR count). The summed E-state index contributed by atoms with van der Waals surface area (Å²) >= 11 is 0.